The molecular formula is C27H23N3O2S. The van der Waals surface area contributed by atoms with Crippen LogP contribution in [0.25, 0.3) is 5.70 Å². The number of nitriles is 1. The molecule has 3 aromatic carbocycles. The first kappa shape index (κ1) is 22.3. The van der Waals surface area contributed by atoms with E-state index in [0.29, 0.717) is 18.4 Å². The summed E-state index contributed by atoms with van der Waals surface area (Å²) in [6.07, 6.45) is 2.87. The van der Waals surface area contributed by atoms with E-state index < -0.39 is 0 Å². The van der Waals surface area contributed by atoms with E-state index in [0.717, 1.165) is 28.2 Å². The number of benzene rings is 3. The van der Waals surface area contributed by atoms with E-state index in [2.05, 4.69) is 46.3 Å². The summed E-state index contributed by atoms with van der Waals surface area (Å²) in [4.78, 5) is 15.8. The van der Waals surface area contributed by atoms with Gasteiger partial charge < -0.3 is 14.5 Å². The van der Waals surface area contributed by atoms with Crippen LogP contribution in [0.2, 0.25) is 0 Å². The molecule has 0 aromatic heterocycles. The van der Waals surface area contributed by atoms with Crippen molar-refractivity contribution in [2.24, 2.45) is 0 Å². The number of esters is 1. The zero-order valence-electron chi connectivity index (χ0n) is 18.2. The molecule has 6 heteroatoms. The average Bonchev–Trinajstić information content (AvgIpc) is 3.27. The Bertz CT molecular complexity index is 1200. The molecule has 1 atom stereocenters. The lowest BCUT2D eigenvalue weighted by Gasteiger charge is -2.31. The van der Waals surface area contributed by atoms with Crippen molar-refractivity contribution in [2.45, 2.75) is 19.0 Å². The Labute approximate surface area is 199 Å². The fraction of sp³-hybridized carbons (Fsp3) is 0.148. The van der Waals surface area contributed by atoms with E-state index in [-0.39, 0.29) is 12.1 Å². The largest absolute Gasteiger partial charge is 0.469 e. The zero-order chi connectivity index (χ0) is 23.2. The molecule has 0 bridgehead atoms. The summed E-state index contributed by atoms with van der Waals surface area (Å²) in [7, 11) is 1.41. The molecule has 0 N–H and O–H groups in total. The monoisotopic (exact) mass is 453 g/mol. The van der Waals surface area contributed by atoms with Crippen LogP contribution in [0.1, 0.15) is 23.1 Å². The van der Waals surface area contributed by atoms with Crippen molar-refractivity contribution in [2.75, 3.05) is 16.9 Å². The number of carbonyl (C=O) groups excluding carboxylic acids is 1. The Balaban J connectivity index is 1.71. The lowest BCUT2D eigenvalue weighted by atomic mass is 10.0. The normalized spacial score (nSPS) is 15.0. The standard InChI is InChI=1S/C27H23N3O2S/c1-32-27(31)16-11-20-7-12-22(13-8-20)25-18-29(23-14-9-21(17-28)10-15-23)26(19-33)30(25)24-5-3-2-4-6-24/h2-10,12-15,18-19,26H,11,16H2,1H3. The number of carbonyl (C=O) groups is 1. The van der Waals surface area contributed by atoms with E-state index >= 15 is 0 Å². The highest BCUT2D eigenvalue weighted by Crippen LogP contribution is 2.37. The van der Waals surface area contributed by atoms with Gasteiger partial charge >= 0.3 is 5.97 Å². The highest BCUT2D eigenvalue weighted by molar-refractivity contribution is 7.79. The molecule has 0 saturated heterocycles. The Kier molecular flexibility index (Phi) is 6.82. The highest BCUT2D eigenvalue weighted by Gasteiger charge is 2.33. The molecule has 1 aliphatic heterocycles. The van der Waals surface area contributed by atoms with Crippen LogP contribution in [-0.2, 0) is 16.0 Å². The van der Waals surface area contributed by atoms with Crippen LogP contribution in [0.3, 0.4) is 0 Å². The minimum Gasteiger partial charge on any atom is -0.469 e. The summed E-state index contributed by atoms with van der Waals surface area (Å²) in [5.74, 6) is -0.213. The molecule has 1 heterocycles. The fourth-order valence-electron chi connectivity index (χ4n) is 3.88. The first-order valence-corrected chi connectivity index (χ1v) is 11.1. The van der Waals surface area contributed by atoms with Crippen molar-refractivity contribution >= 4 is 40.6 Å². The fourth-order valence-corrected chi connectivity index (χ4v) is 4.14. The number of thiocarbonyl (C=S) groups is 1. The van der Waals surface area contributed by atoms with Gasteiger partial charge in [0.25, 0.3) is 0 Å². The van der Waals surface area contributed by atoms with Crippen LogP contribution in [0.5, 0.6) is 0 Å². The summed E-state index contributed by atoms with van der Waals surface area (Å²) >= 11 is 5.47. The maximum absolute atomic E-state index is 11.5. The van der Waals surface area contributed by atoms with Crippen molar-refractivity contribution in [1.29, 1.82) is 5.26 Å². The molecule has 164 valence electrons. The number of para-hydroxylation sites is 1. The Morgan fingerprint density at radius 3 is 2.33 bits per heavy atom. The first-order valence-electron chi connectivity index (χ1n) is 10.6. The number of nitrogens with zero attached hydrogens (tertiary/aromatic N) is 3. The SMILES string of the molecule is COC(=O)CCc1ccc(C2=CN(c3ccc(C#N)cc3)C(C=S)N2c2ccccc2)cc1. The minimum absolute atomic E-state index is 0.204. The van der Waals surface area contributed by atoms with Crippen LogP contribution in [0.4, 0.5) is 11.4 Å². The van der Waals surface area contributed by atoms with Gasteiger partial charge in [-0.15, -0.1) is 0 Å². The second-order valence-corrected chi connectivity index (χ2v) is 7.88. The number of hydrogen-bond acceptors (Lipinski definition) is 6. The molecule has 0 radical (unpaired) electrons. The van der Waals surface area contributed by atoms with Gasteiger partial charge in [-0.05, 0) is 53.9 Å². The third-order valence-electron chi connectivity index (χ3n) is 5.62. The summed E-state index contributed by atoms with van der Waals surface area (Å²) in [5, 5.41) is 10.9. The van der Waals surface area contributed by atoms with Crippen molar-refractivity contribution in [3.8, 4) is 6.07 Å². The van der Waals surface area contributed by atoms with Crippen LogP contribution < -0.4 is 9.80 Å². The van der Waals surface area contributed by atoms with Gasteiger partial charge in [-0.1, -0.05) is 54.7 Å². The van der Waals surface area contributed by atoms with E-state index in [1.165, 1.54) is 7.11 Å². The van der Waals surface area contributed by atoms with Crippen LogP contribution in [0.15, 0.2) is 85.1 Å². The third kappa shape index (κ3) is 4.79. The van der Waals surface area contributed by atoms with E-state index in [1.54, 1.807) is 5.37 Å². The van der Waals surface area contributed by atoms with Crippen molar-refractivity contribution in [3.05, 3.63) is 102 Å². The summed E-state index contributed by atoms with van der Waals surface area (Å²) in [6, 6.07) is 28.0. The maximum atomic E-state index is 11.5. The molecule has 4 rings (SSSR count). The molecule has 5 nitrogen and oxygen atoms in total. The van der Waals surface area contributed by atoms with Crippen molar-refractivity contribution in [3.63, 3.8) is 0 Å². The Morgan fingerprint density at radius 2 is 1.73 bits per heavy atom. The lowest BCUT2D eigenvalue weighted by Crippen LogP contribution is -2.40. The van der Waals surface area contributed by atoms with Crippen LogP contribution >= 0.6 is 12.2 Å². The molecule has 0 aliphatic carbocycles. The van der Waals surface area contributed by atoms with E-state index in [4.69, 9.17) is 22.2 Å². The van der Waals surface area contributed by atoms with E-state index in [9.17, 15) is 4.79 Å². The third-order valence-corrected chi connectivity index (χ3v) is 5.86. The van der Waals surface area contributed by atoms with Gasteiger partial charge in [-0.25, -0.2) is 0 Å². The molecule has 3 aromatic rings. The highest BCUT2D eigenvalue weighted by atomic mass is 32.1. The van der Waals surface area contributed by atoms with E-state index in [1.807, 2.05) is 54.6 Å². The molecule has 0 fully saturated rings. The number of hydrogen-bond donors (Lipinski definition) is 0. The molecule has 33 heavy (non-hydrogen) atoms. The van der Waals surface area contributed by atoms with Gasteiger partial charge in [0, 0.05) is 29.4 Å². The molecular weight excluding hydrogens is 430 g/mol. The smallest absolute Gasteiger partial charge is 0.305 e. The number of aryl methyl sites for hydroxylation is 1. The van der Waals surface area contributed by atoms with Gasteiger partial charge in [0.05, 0.1) is 24.4 Å². The van der Waals surface area contributed by atoms with Gasteiger partial charge in [-0.2, -0.15) is 5.26 Å². The second-order valence-electron chi connectivity index (χ2n) is 7.61. The van der Waals surface area contributed by atoms with Crippen molar-refractivity contribution in [1.82, 2.24) is 0 Å². The van der Waals surface area contributed by atoms with Crippen LogP contribution in [0, 0.1) is 11.3 Å². The van der Waals surface area contributed by atoms with Gasteiger partial charge in [0.1, 0.15) is 6.17 Å². The second kappa shape index (κ2) is 10.1. The lowest BCUT2D eigenvalue weighted by molar-refractivity contribution is -0.140. The number of ether oxygens (including phenoxy) is 1. The number of methoxy groups -OCH3 is 1. The zero-order valence-corrected chi connectivity index (χ0v) is 19.0. The maximum Gasteiger partial charge on any atom is 0.305 e. The minimum atomic E-state index is -0.213. The summed E-state index contributed by atoms with van der Waals surface area (Å²) < 4.78 is 4.74. The molecule has 0 spiro atoms. The molecule has 0 saturated carbocycles. The van der Waals surface area contributed by atoms with Gasteiger partial charge in [0.15, 0.2) is 0 Å². The Morgan fingerprint density at radius 1 is 1.03 bits per heavy atom. The topological polar surface area (TPSA) is 56.6 Å². The molecule has 1 aliphatic rings. The quantitative estimate of drug-likeness (QED) is 0.357. The molecule has 1 unspecified atom stereocenters. The average molecular weight is 454 g/mol. The Hall–Kier alpha value is -3.95. The predicted octanol–water partition coefficient (Wildman–Crippen LogP) is 5.31. The van der Waals surface area contributed by atoms with Gasteiger partial charge in [-0.3, -0.25) is 4.79 Å². The predicted molar refractivity (Wildman–Crippen MR) is 135 cm³/mol. The molecule has 0 amide bonds. The first-order chi connectivity index (χ1) is 16.1. The van der Waals surface area contributed by atoms with Crippen LogP contribution in [-0.4, -0.2) is 24.6 Å². The number of anilines is 2. The number of rotatable bonds is 7. The summed E-state index contributed by atoms with van der Waals surface area (Å²) in [6.45, 7) is 0. The summed E-state index contributed by atoms with van der Waals surface area (Å²) in [5.41, 5.74) is 5.72. The van der Waals surface area contributed by atoms with Gasteiger partial charge in [0.2, 0.25) is 0 Å². The van der Waals surface area contributed by atoms with Crippen molar-refractivity contribution < 1.29 is 9.53 Å².